The predicted octanol–water partition coefficient (Wildman–Crippen LogP) is 6.41. The average Bonchev–Trinajstić information content (AvgIpc) is 3.56. The Morgan fingerprint density at radius 2 is 1.70 bits per heavy atom. The van der Waals surface area contributed by atoms with Crippen LogP contribution in [0.25, 0.3) is 17.1 Å². The third kappa shape index (κ3) is 5.75. The highest BCUT2D eigenvalue weighted by Crippen LogP contribution is 2.30. The van der Waals surface area contributed by atoms with Crippen molar-refractivity contribution in [2.24, 2.45) is 0 Å². The van der Waals surface area contributed by atoms with E-state index >= 15 is 0 Å². The molecule has 2 heterocycles. The summed E-state index contributed by atoms with van der Waals surface area (Å²) in [4.78, 5) is 4.61. The van der Waals surface area contributed by atoms with E-state index in [1.54, 1.807) is 0 Å². The fourth-order valence-electron chi connectivity index (χ4n) is 4.06. The van der Waals surface area contributed by atoms with E-state index < -0.39 is 0 Å². The number of aromatic nitrogens is 5. The molecular formula is C29H29N5O2S. The van der Waals surface area contributed by atoms with Crippen molar-refractivity contribution in [2.45, 2.75) is 44.5 Å². The summed E-state index contributed by atoms with van der Waals surface area (Å²) in [5, 5.41) is 14.1. The largest absolute Gasteiger partial charge is 0.493 e. The van der Waals surface area contributed by atoms with Gasteiger partial charge in [-0.3, -0.25) is 4.57 Å². The van der Waals surface area contributed by atoms with Crippen LogP contribution in [-0.2, 0) is 18.6 Å². The van der Waals surface area contributed by atoms with Crippen molar-refractivity contribution in [1.29, 1.82) is 0 Å². The second kappa shape index (κ2) is 11.4. The lowest BCUT2D eigenvalue weighted by atomic mass is 10.1. The molecule has 5 rings (SSSR count). The van der Waals surface area contributed by atoms with Gasteiger partial charge < -0.3 is 9.26 Å². The van der Waals surface area contributed by atoms with Gasteiger partial charge in [-0.05, 0) is 68.1 Å². The van der Waals surface area contributed by atoms with Crippen LogP contribution in [0.5, 0.6) is 5.75 Å². The summed E-state index contributed by atoms with van der Waals surface area (Å²) in [5.41, 5.74) is 5.62. The molecule has 37 heavy (non-hydrogen) atoms. The lowest BCUT2D eigenvalue weighted by molar-refractivity contribution is 0.341. The smallest absolute Gasteiger partial charge is 0.237 e. The van der Waals surface area contributed by atoms with Gasteiger partial charge in [-0.15, -0.1) is 10.2 Å². The Kier molecular flexibility index (Phi) is 7.65. The van der Waals surface area contributed by atoms with Crippen LogP contribution in [0.15, 0.2) is 82.5 Å². The fourth-order valence-corrected chi connectivity index (χ4v) is 4.87. The quantitative estimate of drug-likeness (QED) is 0.200. The molecule has 0 unspecified atom stereocenters. The Bertz CT molecular complexity index is 1480. The third-order valence-electron chi connectivity index (χ3n) is 6.15. The molecule has 0 saturated carbocycles. The molecule has 2 aromatic heterocycles. The molecule has 7 nitrogen and oxygen atoms in total. The SMILES string of the molecule is CCOc1ccccc1-c1noc(CSc2nnc(CCc3ccccc3)n2-c2ccc(C)c(C)c2)n1. The Labute approximate surface area is 220 Å². The van der Waals surface area contributed by atoms with E-state index in [2.05, 4.69) is 81.2 Å². The summed E-state index contributed by atoms with van der Waals surface area (Å²) in [6.07, 6.45) is 1.67. The molecule has 0 spiro atoms. The summed E-state index contributed by atoms with van der Waals surface area (Å²) in [6.45, 7) is 6.76. The number of hydrogen-bond donors (Lipinski definition) is 0. The Balaban J connectivity index is 1.38. The molecule has 8 heteroatoms. The monoisotopic (exact) mass is 511 g/mol. The van der Waals surface area contributed by atoms with E-state index in [4.69, 9.17) is 9.26 Å². The van der Waals surface area contributed by atoms with Gasteiger partial charge in [-0.1, -0.05) is 65.4 Å². The molecule has 0 bridgehead atoms. The number of thioether (sulfide) groups is 1. The molecule has 5 aromatic rings. The second-order valence-corrected chi connectivity index (χ2v) is 9.66. The first-order valence-electron chi connectivity index (χ1n) is 12.4. The molecular weight excluding hydrogens is 482 g/mol. The molecule has 0 fully saturated rings. The topological polar surface area (TPSA) is 78.9 Å². The predicted molar refractivity (Wildman–Crippen MR) is 145 cm³/mol. The number of ether oxygens (including phenoxy) is 1. The number of aryl methyl sites for hydroxylation is 4. The normalized spacial score (nSPS) is 11.1. The molecule has 0 aliphatic heterocycles. The standard InChI is InChI=1S/C29H29N5O2S/c1-4-35-25-13-9-8-12-24(25)28-30-27(36-33-28)19-37-29-32-31-26(17-15-22-10-6-5-7-11-22)34(29)23-16-14-20(2)21(3)18-23/h5-14,16,18H,4,15,17,19H2,1-3H3. The van der Waals surface area contributed by atoms with E-state index in [0.29, 0.717) is 24.1 Å². The van der Waals surface area contributed by atoms with Crippen LogP contribution in [-0.4, -0.2) is 31.5 Å². The molecule has 0 aliphatic carbocycles. The van der Waals surface area contributed by atoms with Crippen molar-refractivity contribution < 1.29 is 9.26 Å². The minimum atomic E-state index is 0.478. The summed E-state index contributed by atoms with van der Waals surface area (Å²) < 4.78 is 13.4. The van der Waals surface area contributed by atoms with E-state index in [1.165, 1.54) is 28.5 Å². The highest BCUT2D eigenvalue weighted by atomic mass is 32.2. The first kappa shape index (κ1) is 24.8. The van der Waals surface area contributed by atoms with Gasteiger partial charge in [-0.2, -0.15) is 4.98 Å². The van der Waals surface area contributed by atoms with Crippen molar-refractivity contribution >= 4 is 11.8 Å². The number of hydrogen-bond acceptors (Lipinski definition) is 7. The van der Waals surface area contributed by atoms with E-state index in [-0.39, 0.29) is 0 Å². The summed E-state index contributed by atoms with van der Waals surface area (Å²) >= 11 is 1.53. The third-order valence-corrected chi connectivity index (χ3v) is 7.06. The van der Waals surface area contributed by atoms with Crippen LogP contribution < -0.4 is 4.74 Å². The zero-order valence-corrected chi connectivity index (χ0v) is 22.0. The first-order chi connectivity index (χ1) is 18.1. The molecule has 0 aliphatic rings. The van der Waals surface area contributed by atoms with E-state index in [1.807, 2.05) is 37.3 Å². The number of benzene rings is 3. The van der Waals surface area contributed by atoms with Crippen molar-refractivity contribution in [3.8, 4) is 22.8 Å². The van der Waals surface area contributed by atoms with Crippen LogP contribution >= 0.6 is 11.8 Å². The Hall–Kier alpha value is -3.91. The first-order valence-corrected chi connectivity index (χ1v) is 13.3. The summed E-state index contributed by atoms with van der Waals surface area (Å²) in [6, 6.07) is 24.6. The van der Waals surface area contributed by atoms with Crippen LogP contribution in [0.4, 0.5) is 0 Å². The summed E-state index contributed by atoms with van der Waals surface area (Å²) in [5.74, 6) is 3.17. The molecule has 188 valence electrons. The van der Waals surface area contributed by atoms with Gasteiger partial charge in [0.25, 0.3) is 0 Å². The molecule has 0 N–H and O–H groups in total. The molecule has 0 radical (unpaired) electrons. The Morgan fingerprint density at radius 3 is 2.51 bits per heavy atom. The van der Waals surface area contributed by atoms with Gasteiger partial charge >= 0.3 is 0 Å². The maximum Gasteiger partial charge on any atom is 0.237 e. The minimum absolute atomic E-state index is 0.478. The highest BCUT2D eigenvalue weighted by Gasteiger charge is 2.18. The van der Waals surface area contributed by atoms with Crippen LogP contribution in [0, 0.1) is 13.8 Å². The fraction of sp³-hybridized carbons (Fsp3) is 0.241. The van der Waals surface area contributed by atoms with Crippen LogP contribution in [0.1, 0.15) is 35.3 Å². The van der Waals surface area contributed by atoms with Crippen LogP contribution in [0.3, 0.4) is 0 Å². The van der Waals surface area contributed by atoms with Gasteiger partial charge in [0.2, 0.25) is 11.7 Å². The molecule has 0 atom stereocenters. The van der Waals surface area contributed by atoms with Crippen molar-refractivity contribution in [3.05, 3.63) is 101 Å². The Morgan fingerprint density at radius 1 is 0.892 bits per heavy atom. The minimum Gasteiger partial charge on any atom is -0.493 e. The molecule has 0 amide bonds. The number of para-hydroxylation sites is 1. The van der Waals surface area contributed by atoms with Crippen LogP contribution in [0.2, 0.25) is 0 Å². The van der Waals surface area contributed by atoms with Crippen molar-refractivity contribution in [1.82, 2.24) is 24.9 Å². The number of rotatable bonds is 10. The van der Waals surface area contributed by atoms with Gasteiger partial charge in [0.15, 0.2) is 5.16 Å². The highest BCUT2D eigenvalue weighted by molar-refractivity contribution is 7.98. The lowest BCUT2D eigenvalue weighted by Crippen LogP contribution is -2.05. The van der Waals surface area contributed by atoms with Crippen molar-refractivity contribution in [3.63, 3.8) is 0 Å². The van der Waals surface area contributed by atoms with Gasteiger partial charge in [0, 0.05) is 12.1 Å². The van der Waals surface area contributed by atoms with Crippen molar-refractivity contribution in [2.75, 3.05) is 6.61 Å². The molecule has 0 saturated heterocycles. The molecule has 3 aromatic carbocycles. The zero-order chi connectivity index (χ0) is 25.6. The maximum atomic E-state index is 5.72. The second-order valence-electron chi connectivity index (χ2n) is 8.72. The lowest BCUT2D eigenvalue weighted by Gasteiger charge is -2.12. The number of nitrogens with zero attached hydrogens (tertiary/aromatic N) is 5. The summed E-state index contributed by atoms with van der Waals surface area (Å²) in [7, 11) is 0. The van der Waals surface area contributed by atoms with Gasteiger partial charge in [-0.25, -0.2) is 0 Å². The zero-order valence-electron chi connectivity index (χ0n) is 21.2. The van der Waals surface area contributed by atoms with Gasteiger partial charge in [0.1, 0.15) is 11.6 Å². The average molecular weight is 512 g/mol. The van der Waals surface area contributed by atoms with Gasteiger partial charge in [0.05, 0.1) is 17.9 Å². The van der Waals surface area contributed by atoms with E-state index in [9.17, 15) is 0 Å². The van der Waals surface area contributed by atoms with E-state index in [0.717, 1.165) is 40.8 Å². The maximum absolute atomic E-state index is 5.72.